The van der Waals surface area contributed by atoms with E-state index in [4.69, 9.17) is 0 Å². The molecule has 4 saturated carbocycles. The molecule has 4 fully saturated rings. The second kappa shape index (κ2) is 9.19. The van der Waals surface area contributed by atoms with Crippen LogP contribution in [0.4, 0.5) is 4.39 Å². The van der Waals surface area contributed by atoms with Gasteiger partial charge in [0, 0.05) is 12.3 Å². The van der Waals surface area contributed by atoms with E-state index in [-0.39, 0.29) is 28.6 Å². The van der Waals surface area contributed by atoms with Gasteiger partial charge in [0.25, 0.3) is 0 Å². The maximum Gasteiger partial charge on any atom is 0.136 e. The Balaban J connectivity index is 1.54. The van der Waals surface area contributed by atoms with Crippen LogP contribution in [-0.2, 0) is 4.79 Å². The fourth-order valence-corrected chi connectivity index (χ4v) is 9.81. The minimum Gasteiger partial charge on any atom is -0.390 e. The molecule has 0 saturated heterocycles. The zero-order valence-electron chi connectivity index (χ0n) is 21.9. The summed E-state index contributed by atoms with van der Waals surface area (Å²) >= 11 is 0. The first-order chi connectivity index (χ1) is 15.5. The molecule has 12 atom stereocenters. The van der Waals surface area contributed by atoms with Gasteiger partial charge in [0.15, 0.2) is 0 Å². The van der Waals surface area contributed by atoms with Gasteiger partial charge in [-0.05, 0) is 97.2 Å². The number of aliphatic hydroxyl groups is 2. The van der Waals surface area contributed by atoms with Gasteiger partial charge in [0.1, 0.15) is 12.0 Å². The molecule has 0 aliphatic heterocycles. The Kier molecular flexibility index (Phi) is 7.13. The Bertz CT molecular complexity index is 724. The first-order valence-electron chi connectivity index (χ1n) is 14.0. The Morgan fingerprint density at radius 2 is 1.61 bits per heavy atom. The van der Waals surface area contributed by atoms with Crippen molar-refractivity contribution in [2.75, 3.05) is 0 Å². The number of rotatable bonds is 6. The van der Waals surface area contributed by atoms with Crippen molar-refractivity contribution >= 4 is 5.78 Å². The van der Waals surface area contributed by atoms with Crippen LogP contribution in [0.15, 0.2) is 0 Å². The van der Waals surface area contributed by atoms with E-state index in [2.05, 4.69) is 41.5 Å². The third-order valence-electron chi connectivity index (χ3n) is 11.8. The Labute approximate surface area is 201 Å². The second-order valence-corrected chi connectivity index (χ2v) is 13.4. The average Bonchev–Trinajstić information content (AvgIpc) is 3.11. The standard InChI is InChI=1S/C29H49FO3/c1-7-19(16(2)3)27(33)26(32)17(4)21-8-9-22-20-15-25(31)24-14-18(30)10-12-29(24,6)23(20)11-13-28(21,22)5/h16-24,26-27,32-33H,7-15H2,1-6H3/t17-,18?,19-,20-,21+,22-,23-,24?,26-,27-,28+,29+/m0/s1. The van der Waals surface area contributed by atoms with Crippen LogP contribution in [0.2, 0.25) is 0 Å². The number of aliphatic hydroxyl groups excluding tert-OH is 2. The number of Topliss-reactive ketones (excluding diaryl/α,β-unsaturated/α-hetero) is 1. The van der Waals surface area contributed by atoms with E-state index in [0.717, 1.165) is 38.5 Å². The topological polar surface area (TPSA) is 57.5 Å². The molecule has 4 aliphatic rings. The highest BCUT2D eigenvalue weighted by molar-refractivity contribution is 5.83. The van der Waals surface area contributed by atoms with Crippen molar-refractivity contribution in [3.05, 3.63) is 0 Å². The van der Waals surface area contributed by atoms with E-state index in [1.54, 1.807) is 0 Å². The van der Waals surface area contributed by atoms with Gasteiger partial charge >= 0.3 is 0 Å². The molecule has 0 aromatic carbocycles. The van der Waals surface area contributed by atoms with Crippen LogP contribution in [0.25, 0.3) is 0 Å². The van der Waals surface area contributed by atoms with E-state index in [9.17, 15) is 19.4 Å². The monoisotopic (exact) mass is 464 g/mol. The van der Waals surface area contributed by atoms with Gasteiger partial charge in [-0.2, -0.15) is 0 Å². The molecule has 0 heterocycles. The van der Waals surface area contributed by atoms with Crippen LogP contribution < -0.4 is 0 Å². The molecule has 2 N–H and O–H groups in total. The molecule has 0 aromatic rings. The highest BCUT2D eigenvalue weighted by Gasteiger charge is 2.63. The summed E-state index contributed by atoms with van der Waals surface area (Å²) in [5.74, 6) is 2.56. The Hall–Kier alpha value is -0.480. The SMILES string of the molecule is CC[C@@H](C(C)C)[C@H](O)[C@@H](O)[C@@H](C)[C@H]1CC[C@H]2[C@@H]3CC(=O)C4CC(F)CC[C@]4(C)[C@H]3CC[C@]12C. The largest absolute Gasteiger partial charge is 0.390 e. The van der Waals surface area contributed by atoms with E-state index in [1.165, 1.54) is 0 Å². The quantitative estimate of drug-likeness (QED) is 0.492. The fourth-order valence-electron chi connectivity index (χ4n) is 9.81. The predicted molar refractivity (Wildman–Crippen MR) is 130 cm³/mol. The van der Waals surface area contributed by atoms with Crippen molar-refractivity contribution < 1.29 is 19.4 Å². The second-order valence-electron chi connectivity index (χ2n) is 13.4. The minimum absolute atomic E-state index is 0.0328. The third kappa shape index (κ3) is 4.03. The molecular formula is C29H49FO3. The number of carbonyl (C=O) groups excluding carboxylic acids is 1. The van der Waals surface area contributed by atoms with Crippen LogP contribution in [0.5, 0.6) is 0 Å². The number of hydrogen-bond donors (Lipinski definition) is 2. The smallest absolute Gasteiger partial charge is 0.136 e. The van der Waals surface area contributed by atoms with E-state index >= 15 is 0 Å². The normalized spacial score (nSPS) is 46.8. The minimum atomic E-state index is -0.806. The van der Waals surface area contributed by atoms with Crippen LogP contribution in [-0.4, -0.2) is 34.4 Å². The van der Waals surface area contributed by atoms with Gasteiger partial charge in [-0.15, -0.1) is 0 Å². The Morgan fingerprint density at radius 3 is 2.24 bits per heavy atom. The van der Waals surface area contributed by atoms with Crippen LogP contribution in [0.1, 0.15) is 99.3 Å². The zero-order chi connectivity index (χ0) is 24.3. The molecule has 0 bridgehead atoms. The summed E-state index contributed by atoms with van der Waals surface area (Å²) < 4.78 is 14.2. The number of ketones is 1. The summed E-state index contributed by atoms with van der Waals surface area (Å²) in [6, 6.07) is 0. The molecule has 0 amide bonds. The lowest BCUT2D eigenvalue weighted by molar-refractivity contribution is -0.159. The van der Waals surface area contributed by atoms with Gasteiger partial charge in [-0.3, -0.25) is 4.79 Å². The van der Waals surface area contributed by atoms with Gasteiger partial charge in [-0.1, -0.05) is 48.0 Å². The summed E-state index contributed by atoms with van der Waals surface area (Å²) in [5.41, 5.74) is 0.0799. The summed E-state index contributed by atoms with van der Waals surface area (Å²) in [5, 5.41) is 22.3. The molecule has 33 heavy (non-hydrogen) atoms. The first-order valence-corrected chi connectivity index (χ1v) is 14.0. The maximum atomic E-state index is 14.2. The van der Waals surface area contributed by atoms with E-state index in [0.29, 0.717) is 54.6 Å². The molecule has 4 rings (SSSR count). The third-order valence-corrected chi connectivity index (χ3v) is 11.8. The van der Waals surface area contributed by atoms with Crippen LogP contribution in [0.3, 0.4) is 0 Å². The van der Waals surface area contributed by atoms with Crippen molar-refractivity contribution in [1.82, 2.24) is 0 Å². The maximum absolute atomic E-state index is 14.2. The number of fused-ring (bicyclic) bond motifs is 5. The average molecular weight is 465 g/mol. The first kappa shape index (κ1) is 25.6. The van der Waals surface area contributed by atoms with Crippen LogP contribution in [0, 0.1) is 58.2 Å². The van der Waals surface area contributed by atoms with Gasteiger partial charge in [0.2, 0.25) is 0 Å². The number of carbonyl (C=O) groups is 1. The van der Waals surface area contributed by atoms with Gasteiger partial charge < -0.3 is 10.2 Å². The van der Waals surface area contributed by atoms with Crippen molar-refractivity contribution in [2.24, 2.45) is 58.2 Å². The molecule has 4 aliphatic carbocycles. The lowest BCUT2D eigenvalue weighted by atomic mass is 9.44. The summed E-state index contributed by atoms with van der Waals surface area (Å²) in [6.45, 7) is 13.2. The van der Waals surface area contributed by atoms with E-state index < -0.39 is 18.4 Å². The summed E-state index contributed by atoms with van der Waals surface area (Å²) in [7, 11) is 0. The number of hydrogen-bond acceptors (Lipinski definition) is 3. The van der Waals surface area contributed by atoms with Crippen molar-refractivity contribution in [1.29, 1.82) is 0 Å². The van der Waals surface area contributed by atoms with Crippen molar-refractivity contribution in [3.63, 3.8) is 0 Å². The highest BCUT2D eigenvalue weighted by Crippen LogP contribution is 2.68. The number of halogens is 1. The molecule has 0 aromatic heterocycles. The summed E-state index contributed by atoms with van der Waals surface area (Å²) in [4.78, 5) is 13.3. The molecule has 3 nitrogen and oxygen atoms in total. The van der Waals surface area contributed by atoms with Crippen LogP contribution >= 0.6 is 0 Å². The lowest BCUT2D eigenvalue weighted by Crippen LogP contribution is -2.57. The lowest BCUT2D eigenvalue weighted by Gasteiger charge is -2.60. The molecule has 190 valence electrons. The molecule has 4 heteroatoms. The van der Waals surface area contributed by atoms with E-state index in [1.807, 2.05) is 0 Å². The van der Waals surface area contributed by atoms with Crippen molar-refractivity contribution in [3.8, 4) is 0 Å². The molecular weight excluding hydrogens is 415 g/mol. The molecule has 2 unspecified atom stereocenters. The highest BCUT2D eigenvalue weighted by atomic mass is 19.1. The summed E-state index contributed by atoms with van der Waals surface area (Å²) in [6.07, 6.45) is 5.68. The van der Waals surface area contributed by atoms with Gasteiger partial charge in [0.05, 0.1) is 12.2 Å². The predicted octanol–water partition coefficient (Wildman–Crippen LogP) is 6.20. The Morgan fingerprint density at radius 1 is 0.970 bits per heavy atom. The molecule has 0 spiro atoms. The zero-order valence-corrected chi connectivity index (χ0v) is 21.9. The molecule has 0 radical (unpaired) electrons. The van der Waals surface area contributed by atoms with Crippen molar-refractivity contribution in [2.45, 2.75) is 118 Å². The fraction of sp³-hybridized carbons (Fsp3) is 0.966. The number of alkyl halides is 1. The van der Waals surface area contributed by atoms with Gasteiger partial charge in [-0.25, -0.2) is 4.39 Å².